The Morgan fingerprint density at radius 3 is 2.54 bits per heavy atom. The molecule has 0 saturated carbocycles. The molecule has 4 rings (SSSR count). The van der Waals surface area contributed by atoms with Gasteiger partial charge in [-0.1, -0.05) is 42.9 Å². The minimum absolute atomic E-state index is 0.0214. The van der Waals surface area contributed by atoms with Crippen LogP contribution in [-0.2, 0) is 14.8 Å². The van der Waals surface area contributed by atoms with Crippen molar-refractivity contribution in [3.05, 3.63) is 40.2 Å². The monoisotopic (exact) mass is 554 g/mol. The standard InChI is InChI=1S/C24H31ClN4O3S3/c1-4-27(5-2)12-13-29(24-26-22-17(3)15-19(25)16-20(22)34-24)23(30)18-8-10-28(11-9-18)35(31,32)21-7-6-14-33-21/h6-7,14-16,18H,4-5,8-13H2,1-3H3. The lowest BCUT2D eigenvalue weighted by Crippen LogP contribution is -2.46. The van der Waals surface area contributed by atoms with Crippen molar-refractivity contribution < 1.29 is 13.2 Å². The summed E-state index contributed by atoms with van der Waals surface area (Å²) in [4.78, 5) is 22.7. The number of sulfonamides is 1. The predicted octanol–water partition coefficient (Wildman–Crippen LogP) is 5.10. The lowest BCUT2D eigenvalue weighted by atomic mass is 9.96. The second-order valence-electron chi connectivity index (χ2n) is 8.69. The molecule has 1 amide bonds. The van der Waals surface area contributed by atoms with Crippen LogP contribution >= 0.6 is 34.3 Å². The van der Waals surface area contributed by atoms with Gasteiger partial charge in [-0.15, -0.1) is 11.3 Å². The minimum Gasteiger partial charge on any atom is -0.302 e. The Kier molecular flexibility index (Phi) is 8.50. The number of likely N-dealkylation sites (N-methyl/N-ethyl adjacent to an activating group) is 1. The summed E-state index contributed by atoms with van der Waals surface area (Å²) >= 11 is 8.97. The van der Waals surface area contributed by atoms with Crippen LogP contribution < -0.4 is 4.90 Å². The van der Waals surface area contributed by atoms with Crippen LogP contribution in [0.3, 0.4) is 0 Å². The average Bonchev–Trinajstić information content (AvgIpc) is 3.53. The van der Waals surface area contributed by atoms with Crippen LogP contribution in [0.25, 0.3) is 10.2 Å². The molecule has 1 aliphatic rings. The number of aryl methyl sites for hydroxylation is 1. The molecule has 190 valence electrons. The van der Waals surface area contributed by atoms with Crippen LogP contribution in [0.15, 0.2) is 33.9 Å². The Morgan fingerprint density at radius 2 is 1.91 bits per heavy atom. The fourth-order valence-corrected chi connectivity index (χ4v) is 8.51. The highest BCUT2D eigenvalue weighted by Crippen LogP contribution is 2.35. The molecule has 1 aliphatic heterocycles. The van der Waals surface area contributed by atoms with E-state index in [2.05, 4.69) is 18.7 Å². The number of carbonyl (C=O) groups excluding carboxylic acids is 1. The largest absolute Gasteiger partial charge is 0.302 e. The van der Waals surface area contributed by atoms with Crippen molar-refractivity contribution in [2.75, 3.05) is 44.2 Å². The molecule has 0 atom stereocenters. The van der Waals surface area contributed by atoms with Crippen molar-refractivity contribution in [3.63, 3.8) is 0 Å². The molecule has 3 heterocycles. The summed E-state index contributed by atoms with van der Waals surface area (Å²) in [6, 6.07) is 7.16. The van der Waals surface area contributed by atoms with Crippen molar-refractivity contribution in [1.82, 2.24) is 14.2 Å². The van der Waals surface area contributed by atoms with Gasteiger partial charge in [-0.2, -0.15) is 4.31 Å². The molecule has 0 aliphatic carbocycles. The lowest BCUT2D eigenvalue weighted by Gasteiger charge is -2.33. The second-order valence-corrected chi connectivity index (χ2v) is 13.3. The van der Waals surface area contributed by atoms with Gasteiger partial charge in [-0.05, 0) is 62.0 Å². The van der Waals surface area contributed by atoms with E-state index < -0.39 is 10.0 Å². The van der Waals surface area contributed by atoms with Gasteiger partial charge in [0.1, 0.15) is 4.21 Å². The molecule has 0 unspecified atom stereocenters. The van der Waals surface area contributed by atoms with Crippen molar-refractivity contribution in [3.8, 4) is 0 Å². The molecular formula is C24H31ClN4O3S3. The third-order valence-electron chi connectivity index (χ3n) is 6.56. The Balaban J connectivity index is 1.55. The summed E-state index contributed by atoms with van der Waals surface area (Å²) in [6.07, 6.45) is 1.00. The molecule has 3 aromatic rings. The first-order valence-electron chi connectivity index (χ1n) is 11.9. The third kappa shape index (κ3) is 5.73. The van der Waals surface area contributed by atoms with Crippen molar-refractivity contribution in [1.29, 1.82) is 0 Å². The first kappa shape index (κ1) is 26.5. The summed E-state index contributed by atoms with van der Waals surface area (Å²) in [5, 5.41) is 3.10. The number of thiophene rings is 1. The second kappa shape index (κ2) is 11.2. The quantitative estimate of drug-likeness (QED) is 0.368. The zero-order valence-electron chi connectivity index (χ0n) is 20.2. The van der Waals surface area contributed by atoms with Gasteiger partial charge in [-0.3, -0.25) is 9.69 Å². The van der Waals surface area contributed by atoms with Crippen LogP contribution in [0.5, 0.6) is 0 Å². The molecule has 1 aromatic carbocycles. The Bertz CT molecular complexity index is 1260. The maximum atomic E-state index is 13.8. The van der Waals surface area contributed by atoms with E-state index in [0.29, 0.717) is 46.8 Å². The molecule has 11 heteroatoms. The number of hydrogen-bond acceptors (Lipinski definition) is 7. The number of thiazole rings is 1. The normalized spacial score (nSPS) is 15.8. The molecule has 0 radical (unpaired) electrons. The number of benzene rings is 1. The minimum atomic E-state index is -3.50. The number of hydrogen-bond donors (Lipinski definition) is 0. The maximum Gasteiger partial charge on any atom is 0.252 e. The van der Waals surface area contributed by atoms with Crippen molar-refractivity contribution >= 4 is 65.6 Å². The van der Waals surface area contributed by atoms with E-state index in [0.717, 1.165) is 35.4 Å². The Labute approximate surface area is 220 Å². The van der Waals surface area contributed by atoms with Crippen LogP contribution in [0, 0.1) is 12.8 Å². The van der Waals surface area contributed by atoms with E-state index in [4.69, 9.17) is 16.6 Å². The Morgan fingerprint density at radius 1 is 1.20 bits per heavy atom. The van der Waals surface area contributed by atoms with Gasteiger partial charge in [0.2, 0.25) is 5.91 Å². The molecule has 0 bridgehead atoms. The zero-order chi connectivity index (χ0) is 25.2. The topological polar surface area (TPSA) is 73.8 Å². The predicted molar refractivity (Wildman–Crippen MR) is 145 cm³/mol. The lowest BCUT2D eigenvalue weighted by molar-refractivity contribution is -0.123. The van der Waals surface area contributed by atoms with E-state index >= 15 is 0 Å². The van der Waals surface area contributed by atoms with E-state index in [1.165, 1.54) is 27.0 Å². The molecule has 2 aromatic heterocycles. The van der Waals surface area contributed by atoms with Gasteiger partial charge in [0, 0.05) is 37.1 Å². The van der Waals surface area contributed by atoms with Gasteiger partial charge >= 0.3 is 0 Å². The molecule has 7 nitrogen and oxygen atoms in total. The zero-order valence-corrected chi connectivity index (χ0v) is 23.4. The van der Waals surface area contributed by atoms with E-state index in [-0.39, 0.29) is 11.8 Å². The SMILES string of the molecule is CCN(CC)CCN(C(=O)C1CCN(S(=O)(=O)c2cccs2)CC1)c1nc2c(C)cc(Cl)cc2s1. The van der Waals surface area contributed by atoms with Crippen molar-refractivity contribution in [2.24, 2.45) is 5.92 Å². The molecule has 0 N–H and O–H groups in total. The fourth-order valence-electron chi connectivity index (χ4n) is 4.44. The fraction of sp³-hybridized carbons (Fsp3) is 0.500. The summed E-state index contributed by atoms with van der Waals surface area (Å²) in [6.45, 7) is 10.00. The number of halogens is 1. The smallest absolute Gasteiger partial charge is 0.252 e. The van der Waals surface area contributed by atoms with Crippen molar-refractivity contribution in [2.45, 2.75) is 37.8 Å². The number of rotatable bonds is 9. The highest BCUT2D eigenvalue weighted by molar-refractivity contribution is 7.91. The first-order valence-corrected chi connectivity index (χ1v) is 15.4. The number of carbonyl (C=O) groups is 1. The number of nitrogens with zero attached hydrogens (tertiary/aromatic N) is 4. The summed E-state index contributed by atoms with van der Waals surface area (Å²) in [5.74, 6) is -0.216. The van der Waals surface area contributed by atoms with Crippen LogP contribution in [-0.4, -0.2) is 67.8 Å². The number of fused-ring (bicyclic) bond motifs is 1. The maximum absolute atomic E-state index is 13.8. The number of aromatic nitrogens is 1. The molecule has 0 spiro atoms. The first-order chi connectivity index (χ1) is 16.7. The Hall–Kier alpha value is -1.56. The average molecular weight is 555 g/mol. The molecular weight excluding hydrogens is 524 g/mol. The van der Waals surface area contributed by atoms with Gasteiger partial charge in [0.15, 0.2) is 5.13 Å². The van der Waals surface area contributed by atoms with Gasteiger partial charge in [0.25, 0.3) is 10.0 Å². The number of anilines is 1. The van der Waals surface area contributed by atoms with E-state index in [1.54, 1.807) is 17.5 Å². The van der Waals surface area contributed by atoms with Gasteiger partial charge in [-0.25, -0.2) is 13.4 Å². The summed E-state index contributed by atoms with van der Waals surface area (Å²) < 4.78 is 28.6. The highest BCUT2D eigenvalue weighted by atomic mass is 35.5. The summed E-state index contributed by atoms with van der Waals surface area (Å²) in [7, 11) is -3.50. The van der Waals surface area contributed by atoms with Crippen LogP contribution in [0.2, 0.25) is 5.02 Å². The van der Waals surface area contributed by atoms with Gasteiger partial charge in [0.05, 0.1) is 10.2 Å². The van der Waals surface area contributed by atoms with Crippen LogP contribution in [0.4, 0.5) is 5.13 Å². The molecule has 1 fully saturated rings. The molecule has 1 saturated heterocycles. The van der Waals surface area contributed by atoms with E-state index in [9.17, 15) is 13.2 Å². The van der Waals surface area contributed by atoms with Gasteiger partial charge < -0.3 is 4.90 Å². The number of piperidine rings is 1. The highest BCUT2D eigenvalue weighted by Gasteiger charge is 2.35. The third-order valence-corrected chi connectivity index (χ3v) is 11.1. The van der Waals surface area contributed by atoms with E-state index in [1.807, 2.05) is 24.0 Å². The summed E-state index contributed by atoms with van der Waals surface area (Å²) in [5.41, 5.74) is 1.85. The van der Waals surface area contributed by atoms with Crippen LogP contribution in [0.1, 0.15) is 32.3 Å². The number of amides is 1. The molecule has 35 heavy (non-hydrogen) atoms.